The van der Waals surface area contributed by atoms with Crippen LogP contribution in [-0.4, -0.2) is 26.9 Å². The van der Waals surface area contributed by atoms with Gasteiger partial charge in [-0.15, -0.1) is 5.54 Å². The number of methoxy groups -OCH3 is 1. The first-order chi connectivity index (χ1) is 5.85. The van der Waals surface area contributed by atoms with Gasteiger partial charge >= 0.3 is 5.97 Å². The van der Waals surface area contributed by atoms with E-state index in [1.54, 1.807) is 0 Å². The molecule has 0 aromatic rings. The molecule has 0 aromatic carbocycles. The van der Waals surface area contributed by atoms with Gasteiger partial charge in [0.25, 0.3) is 0 Å². The maximum absolute atomic E-state index is 11.0. The minimum Gasteiger partial charge on any atom is -0.469 e. The van der Waals surface area contributed by atoms with Crippen molar-refractivity contribution in [3.63, 3.8) is 0 Å². The molecule has 4 heteroatoms. The standard InChI is InChI=1S/C9H14O3Si/c1-12-9(11)7-8(10)5-6-13(2,3)4/h7H2,1-4H3. The van der Waals surface area contributed by atoms with Crippen LogP contribution < -0.4 is 0 Å². The summed E-state index contributed by atoms with van der Waals surface area (Å²) in [6, 6.07) is 0. The summed E-state index contributed by atoms with van der Waals surface area (Å²) in [5.41, 5.74) is 2.88. The van der Waals surface area contributed by atoms with Crippen LogP contribution in [0.4, 0.5) is 0 Å². The van der Waals surface area contributed by atoms with Crippen molar-refractivity contribution in [2.75, 3.05) is 7.11 Å². The first-order valence-electron chi connectivity index (χ1n) is 3.98. The second-order valence-electron chi connectivity index (χ2n) is 3.68. The predicted octanol–water partition coefficient (Wildman–Crippen LogP) is 0.999. The van der Waals surface area contributed by atoms with Gasteiger partial charge in [-0.1, -0.05) is 19.6 Å². The SMILES string of the molecule is COC(=O)CC(=O)C#C[Si](C)(C)C. The molecule has 0 saturated carbocycles. The van der Waals surface area contributed by atoms with Crippen molar-refractivity contribution < 1.29 is 14.3 Å². The quantitative estimate of drug-likeness (QED) is 0.288. The highest BCUT2D eigenvalue weighted by molar-refractivity contribution is 6.84. The van der Waals surface area contributed by atoms with Gasteiger partial charge < -0.3 is 4.74 Å². The van der Waals surface area contributed by atoms with Gasteiger partial charge in [0.05, 0.1) is 7.11 Å². The van der Waals surface area contributed by atoms with Gasteiger partial charge in [0.2, 0.25) is 5.78 Å². The number of rotatable bonds is 2. The lowest BCUT2D eigenvalue weighted by molar-refractivity contribution is -0.142. The Morgan fingerprint density at radius 1 is 1.31 bits per heavy atom. The highest BCUT2D eigenvalue weighted by Gasteiger charge is 2.10. The van der Waals surface area contributed by atoms with Crippen molar-refractivity contribution in [2.45, 2.75) is 26.1 Å². The molecule has 0 saturated heterocycles. The summed E-state index contributed by atoms with van der Waals surface area (Å²) in [4.78, 5) is 21.7. The molecule has 0 aliphatic heterocycles. The molecule has 0 amide bonds. The third-order valence-corrected chi connectivity index (χ3v) is 1.98. The van der Waals surface area contributed by atoms with Gasteiger partial charge in [0.15, 0.2) is 0 Å². The second-order valence-corrected chi connectivity index (χ2v) is 8.43. The van der Waals surface area contributed by atoms with Crippen LogP contribution in [0, 0.1) is 11.5 Å². The third kappa shape index (κ3) is 7.28. The molecule has 3 nitrogen and oxygen atoms in total. The van der Waals surface area contributed by atoms with Crippen LogP contribution in [0.3, 0.4) is 0 Å². The maximum atomic E-state index is 11.0. The van der Waals surface area contributed by atoms with E-state index in [4.69, 9.17) is 0 Å². The van der Waals surface area contributed by atoms with Gasteiger partial charge in [0, 0.05) is 0 Å². The van der Waals surface area contributed by atoms with Crippen LogP contribution in [0.5, 0.6) is 0 Å². The molecule has 0 fully saturated rings. The van der Waals surface area contributed by atoms with Crippen LogP contribution in [-0.2, 0) is 14.3 Å². The summed E-state index contributed by atoms with van der Waals surface area (Å²) in [5.74, 6) is 1.56. The van der Waals surface area contributed by atoms with Crippen molar-refractivity contribution in [1.82, 2.24) is 0 Å². The zero-order chi connectivity index (χ0) is 10.5. The van der Waals surface area contributed by atoms with Gasteiger partial charge in [-0.05, 0) is 5.92 Å². The van der Waals surface area contributed by atoms with Gasteiger partial charge in [-0.25, -0.2) is 0 Å². The average molecular weight is 198 g/mol. The lowest BCUT2D eigenvalue weighted by Gasteiger charge is -2.02. The molecule has 0 unspecified atom stereocenters. The Hall–Kier alpha value is -1.08. The van der Waals surface area contributed by atoms with E-state index in [0.717, 1.165) is 0 Å². The van der Waals surface area contributed by atoms with Crippen molar-refractivity contribution in [3.05, 3.63) is 0 Å². The summed E-state index contributed by atoms with van der Waals surface area (Å²) in [6.45, 7) is 6.10. The molecular formula is C9H14O3Si. The van der Waals surface area contributed by atoms with Gasteiger partial charge in [0.1, 0.15) is 14.5 Å². The fourth-order valence-electron chi connectivity index (χ4n) is 0.505. The van der Waals surface area contributed by atoms with Crippen LogP contribution in [0.1, 0.15) is 6.42 Å². The number of ketones is 1. The summed E-state index contributed by atoms with van der Waals surface area (Å²) in [6.07, 6.45) is -0.242. The molecule has 0 aliphatic rings. The number of Topliss-reactive ketones (excluding diaryl/α,β-unsaturated/α-hetero) is 1. The lowest BCUT2D eigenvalue weighted by Crippen LogP contribution is -2.17. The van der Waals surface area contributed by atoms with E-state index in [2.05, 4.69) is 16.2 Å². The normalized spacial score (nSPS) is 9.85. The molecule has 0 aliphatic carbocycles. The summed E-state index contributed by atoms with van der Waals surface area (Å²) < 4.78 is 4.34. The summed E-state index contributed by atoms with van der Waals surface area (Å²) >= 11 is 0. The summed E-state index contributed by atoms with van der Waals surface area (Å²) in [5, 5.41) is 0. The topological polar surface area (TPSA) is 43.4 Å². The first-order valence-corrected chi connectivity index (χ1v) is 7.48. The molecule has 0 rings (SSSR count). The molecule has 13 heavy (non-hydrogen) atoms. The number of esters is 1. The number of ether oxygens (including phenoxy) is 1. The molecule has 0 aromatic heterocycles. The van der Waals surface area contributed by atoms with Crippen molar-refractivity contribution in [3.8, 4) is 11.5 Å². The maximum Gasteiger partial charge on any atom is 0.314 e. The highest BCUT2D eigenvalue weighted by atomic mass is 28.3. The largest absolute Gasteiger partial charge is 0.469 e. The number of hydrogen-bond acceptors (Lipinski definition) is 3. The zero-order valence-corrected chi connectivity index (χ0v) is 9.43. The van der Waals surface area contributed by atoms with E-state index in [1.165, 1.54) is 7.11 Å². The van der Waals surface area contributed by atoms with E-state index in [0.29, 0.717) is 0 Å². The van der Waals surface area contributed by atoms with Crippen molar-refractivity contribution in [1.29, 1.82) is 0 Å². The second kappa shape index (κ2) is 4.82. The molecule has 0 N–H and O–H groups in total. The fraction of sp³-hybridized carbons (Fsp3) is 0.556. The lowest BCUT2D eigenvalue weighted by atomic mass is 10.3. The van der Waals surface area contributed by atoms with Crippen molar-refractivity contribution >= 4 is 19.8 Å². The molecular weight excluding hydrogens is 184 g/mol. The Labute approximate surface area is 79.5 Å². The van der Waals surface area contributed by atoms with E-state index in [1.807, 2.05) is 19.6 Å². The highest BCUT2D eigenvalue weighted by Crippen LogP contribution is 1.96. The third-order valence-electron chi connectivity index (χ3n) is 1.11. The average Bonchev–Trinajstić information content (AvgIpc) is 1.99. The first kappa shape index (κ1) is 11.9. The molecule has 0 heterocycles. The Balaban J connectivity index is 4.14. The zero-order valence-electron chi connectivity index (χ0n) is 8.43. The fourth-order valence-corrected chi connectivity index (χ4v) is 1.02. The van der Waals surface area contributed by atoms with E-state index in [9.17, 15) is 9.59 Å². The van der Waals surface area contributed by atoms with Gasteiger partial charge in [-0.3, -0.25) is 9.59 Å². The summed E-state index contributed by atoms with van der Waals surface area (Å²) in [7, 11) is -0.264. The number of carbonyl (C=O) groups is 2. The Morgan fingerprint density at radius 3 is 2.23 bits per heavy atom. The molecule has 72 valence electrons. The monoisotopic (exact) mass is 198 g/mol. The molecule has 0 radical (unpaired) electrons. The van der Waals surface area contributed by atoms with E-state index >= 15 is 0 Å². The van der Waals surface area contributed by atoms with E-state index in [-0.39, 0.29) is 12.2 Å². The smallest absolute Gasteiger partial charge is 0.314 e. The Kier molecular flexibility index (Phi) is 4.42. The number of hydrogen-bond donors (Lipinski definition) is 0. The Bertz CT molecular complexity index is 265. The molecule has 0 spiro atoms. The number of carbonyl (C=O) groups excluding carboxylic acids is 2. The molecule has 0 bridgehead atoms. The van der Waals surface area contributed by atoms with Crippen LogP contribution in [0.25, 0.3) is 0 Å². The van der Waals surface area contributed by atoms with Crippen LogP contribution in [0.2, 0.25) is 19.6 Å². The van der Waals surface area contributed by atoms with Gasteiger partial charge in [-0.2, -0.15) is 0 Å². The minimum atomic E-state index is -1.52. The van der Waals surface area contributed by atoms with Crippen LogP contribution in [0.15, 0.2) is 0 Å². The van der Waals surface area contributed by atoms with Crippen LogP contribution >= 0.6 is 0 Å². The predicted molar refractivity (Wildman–Crippen MR) is 52.8 cm³/mol. The van der Waals surface area contributed by atoms with E-state index < -0.39 is 14.0 Å². The minimum absolute atomic E-state index is 0.242. The van der Waals surface area contributed by atoms with Crippen molar-refractivity contribution in [2.24, 2.45) is 0 Å². The molecule has 0 atom stereocenters. The Morgan fingerprint density at radius 2 is 1.85 bits per heavy atom.